The lowest BCUT2D eigenvalue weighted by atomic mass is 10.1. The minimum atomic E-state index is 0.0259. The van der Waals surface area contributed by atoms with Gasteiger partial charge in [0.25, 0.3) is 0 Å². The number of aliphatic hydroxyl groups excluding tert-OH is 1. The van der Waals surface area contributed by atoms with Crippen LogP contribution in [0.5, 0.6) is 0 Å². The molecule has 0 aliphatic heterocycles. The maximum Gasteiger partial charge on any atom is 0.0702 e. The molecule has 1 aromatic carbocycles. The van der Waals surface area contributed by atoms with Crippen molar-refractivity contribution < 1.29 is 5.11 Å². The molecular weight excluding hydrogens is 248 g/mol. The van der Waals surface area contributed by atoms with E-state index in [-0.39, 0.29) is 6.61 Å². The number of hydrogen-bond donors (Lipinski definition) is 1. The molecule has 0 spiro atoms. The predicted octanol–water partition coefficient (Wildman–Crippen LogP) is 2.61. The quantitative estimate of drug-likeness (QED) is 0.825. The number of nitrogens with zero attached hydrogens (tertiary/aromatic N) is 2. The second-order valence-corrected chi connectivity index (χ2v) is 5.16. The zero-order chi connectivity index (χ0) is 13.5. The number of rotatable bonds is 7. The number of aliphatic hydroxyl groups is 1. The first-order valence-corrected chi connectivity index (χ1v) is 6.75. The Morgan fingerprint density at radius 1 is 1.17 bits per heavy atom. The van der Waals surface area contributed by atoms with E-state index in [0.29, 0.717) is 5.02 Å². The highest BCUT2D eigenvalue weighted by Crippen LogP contribution is 2.24. The largest absolute Gasteiger partial charge is 0.392 e. The van der Waals surface area contributed by atoms with E-state index in [1.54, 1.807) is 0 Å². The van der Waals surface area contributed by atoms with Crippen LogP contribution in [0.25, 0.3) is 0 Å². The van der Waals surface area contributed by atoms with Gasteiger partial charge in [0, 0.05) is 35.9 Å². The first kappa shape index (κ1) is 15.3. The predicted molar refractivity (Wildman–Crippen MR) is 78.4 cm³/mol. The molecule has 0 aromatic heterocycles. The second-order valence-electron chi connectivity index (χ2n) is 4.72. The van der Waals surface area contributed by atoms with Gasteiger partial charge in [0.15, 0.2) is 0 Å². The number of likely N-dealkylation sites (N-methyl/N-ethyl adjacent to an activating group) is 1. The summed E-state index contributed by atoms with van der Waals surface area (Å²) in [6, 6.07) is 5.72. The molecule has 0 saturated carbocycles. The zero-order valence-corrected chi connectivity index (χ0v) is 12.2. The lowest BCUT2D eigenvalue weighted by molar-refractivity contribution is 0.282. The van der Waals surface area contributed by atoms with E-state index in [1.165, 1.54) is 0 Å². The summed E-state index contributed by atoms with van der Waals surface area (Å²) in [4.78, 5) is 4.47. The Morgan fingerprint density at radius 3 is 2.44 bits per heavy atom. The number of hydrogen-bond acceptors (Lipinski definition) is 3. The maximum atomic E-state index is 9.44. The molecule has 0 saturated heterocycles. The van der Waals surface area contributed by atoms with Crippen molar-refractivity contribution in [2.45, 2.75) is 20.0 Å². The molecule has 102 valence electrons. The van der Waals surface area contributed by atoms with Crippen molar-refractivity contribution in [3.63, 3.8) is 0 Å². The van der Waals surface area contributed by atoms with Crippen LogP contribution in [0.3, 0.4) is 0 Å². The number of halogens is 1. The topological polar surface area (TPSA) is 26.7 Å². The van der Waals surface area contributed by atoms with Crippen LogP contribution in [0.15, 0.2) is 18.2 Å². The van der Waals surface area contributed by atoms with Crippen LogP contribution in [-0.2, 0) is 6.61 Å². The van der Waals surface area contributed by atoms with E-state index in [2.05, 4.69) is 30.8 Å². The summed E-state index contributed by atoms with van der Waals surface area (Å²) in [6.07, 6.45) is 1.08. The number of benzene rings is 1. The van der Waals surface area contributed by atoms with Crippen LogP contribution in [0.4, 0.5) is 5.69 Å². The van der Waals surface area contributed by atoms with Crippen LogP contribution in [0, 0.1) is 0 Å². The van der Waals surface area contributed by atoms with E-state index in [1.807, 2.05) is 18.2 Å². The van der Waals surface area contributed by atoms with Gasteiger partial charge in [-0.1, -0.05) is 18.5 Å². The molecule has 0 heterocycles. The molecule has 0 fully saturated rings. The van der Waals surface area contributed by atoms with E-state index in [9.17, 15) is 5.11 Å². The molecule has 3 nitrogen and oxygen atoms in total. The third-order valence-electron chi connectivity index (χ3n) is 2.86. The molecule has 1 rings (SSSR count). The Labute approximate surface area is 115 Å². The summed E-state index contributed by atoms with van der Waals surface area (Å²) >= 11 is 5.97. The first-order valence-electron chi connectivity index (χ1n) is 6.37. The fraction of sp³-hybridized carbons (Fsp3) is 0.571. The van der Waals surface area contributed by atoms with Crippen LogP contribution in [0.2, 0.25) is 5.02 Å². The Kier molecular flexibility index (Phi) is 6.47. The van der Waals surface area contributed by atoms with Gasteiger partial charge in [0.2, 0.25) is 0 Å². The highest BCUT2D eigenvalue weighted by Gasteiger charge is 2.11. The lowest BCUT2D eigenvalue weighted by Gasteiger charge is -2.28. The van der Waals surface area contributed by atoms with Crippen LogP contribution in [0.1, 0.15) is 18.9 Å². The molecular formula is C14H23ClN2O. The molecule has 0 atom stereocenters. The van der Waals surface area contributed by atoms with Crippen molar-refractivity contribution >= 4 is 17.3 Å². The van der Waals surface area contributed by atoms with Gasteiger partial charge in [0.1, 0.15) is 0 Å². The van der Waals surface area contributed by atoms with Gasteiger partial charge in [0.05, 0.1) is 6.61 Å². The van der Waals surface area contributed by atoms with E-state index < -0.39 is 0 Å². The standard InChI is InChI=1S/C14H23ClN2O/c1-4-7-17(9-8-16(2)3)14-6-5-13(15)10-12(14)11-18/h5-6,10,18H,4,7-9,11H2,1-3H3. The van der Waals surface area contributed by atoms with Crippen LogP contribution >= 0.6 is 11.6 Å². The van der Waals surface area contributed by atoms with Crippen molar-refractivity contribution in [3.8, 4) is 0 Å². The lowest BCUT2D eigenvalue weighted by Crippen LogP contribution is -2.33. The highest BCUT2D eigenvalue weighted by atomic mass is 35.5. The Morgan fingerprint density at radius 2 is 1.89 bits per heavy atom. The summed E-state index contributed by atoms with van der Waals surface area (Å²) in [7, 11) is 4.14. The van der Waals surface area contributed by atoms with Crippen molar-refractivity contribution in [1.82, 2.24) is 4.90 Å². The van der Waals surface area contributed by atoms with Crippen LogP contribution in [-0.4, -0.2) is 43.7 Å². The molecule has 1 aromatic rings. The average molecular weight is 271 g/mol. The SMILES string of the molecule is CCCN(CCN(C)C)c1ccc(Cl)cc1CO. The summed E-state index contributed by atoms with van der Waals surface area (Å²) < 4.78 is 0. The smallest absolute Gasteiger partial charge is 0.0702 e. The van der Waals surface area contributed by atoms with Gasteiger partial charge in [-0.3, -0.25) is 0 Å². The first-order chi connectivity index (χ1) is 8.58. The molecule has 0 aliphatic rings. The van der Waals surface area contributed by atoms with E-state index in [0.717, 1.165) is 37.3 Å². The second kappa shape index (κ2) is 7.62. The van der Waals surface area contributed by atoms with Gasteiger partial charge in [-0.05, 0) is 38.7 Å². The monoisotopic (exact) mass is 270 g/mol. The summed E-state index contributed by atoms with van der Waals surface area (Å²) in [5.41, 5.74) is 1.99. The minimum absolute atomic E-state index is 0.0259. The Hall–Kier alpha value is -0.770. The van der Waals surface area contributed by atoms with E-state index >= 15 is 0 Å². The van der Waals surface area contributed by atoms with Gasteiger partial charge in [-0.2, -0.15) is 0 Å². The minimum Gasteiger partial charge on any atom is -0.392 e. The fourth-order valence-corrected chi connectivity index (χ4v) is 2.13. The molecule has 0 bridgehead atoms. The highest BCUT2D eigenvalue weighted by molar-refractivity contribution is 6.30. The van der Waals surface area contributed by atoms with Gasteiger partial charge in [-0.25, -0.2) is 0 Å². The third kappa shape index (κ3) is 4.48. The van der Waals surface area contributed by atoms with Gasteiger partial charge < -0.3 is 14.9 Å². The van der Waals surface area contributed by atoms with Crippen molar-refractivity contribution in [1.29, 1.82) is 0 Å². The van der Waals surface area contributed by atoms with Gasteiger partial charge in [-0.15, -0.1) is 0 Å². The molecule has 18 heavy (non-hydrogen) atoms. The average Bonchev–Trinajstić information content (AvgIpc) is 2.34. The molecule has 0 radical (unpaired) electrons. The van der Waals surface area contributed by atoms with Crippen molar-refractivity contribution in [3.05, 3.63) is 28.8 Å². The van der Waals surface area contributed by atoms with Gasteiger partial charge >= 0.3 is 0 Å². The van der Waals surface area contributed by atoms with E-state index in [4.69, 9.17) is 11.6 Å². The Bertz CT molecular complexity index is 369. The van der Waals surface area contributed by atoms with Crippen LogP contribution < -0.4 is 4.90 Å². The molecule has 1 N–H and O–H groups in total. The maximum absolute atomic E-state index is 9.44. The third-order valence-corrected chi connectivity index (χ3v) is 3.10. The normalized spacial score (nSPS) is 11.0. The molecule has 0 amide bonds. The van der Waals surface area contributed by atoms with Crippen molar-refractivity contribution in [2.24, 2.45) is 0 Å². The molecule has 0 aliphatic carbocycles. The molecule has 0 unspecified atom stereocenters. The fourth-order valence-electron chi connectivity index (χ4n) is 1.93. The zero-order valence-electron chi connectivity index (χ0n) is 11.5. The number of anilines is 1. The summed E-state index contributed by atoms with van der Waals surface area (Å²) in [6.45, 7) is 5.13. The molecule has 4 heteroatoms. The summed E-state index contributed by atoms with van der Waals surface area (Å²) in [5.74, 6) is 0. The Balaban J connectivity index is 2.89. The summed E-state index contributed by atoms with van der Waals surface area (Å²) in [5, 5.41) is 10.1. The van der Waals surface area contributed by atoms with Crippen molar-refractivity contribution in [2.75, 3.05) is 38.6 Å².